The average molecular weight is 549 g/mol. The van der Waals surface area contributed by atoms with Crippen LogP contribution in [0.3, 0.4) is 0 Å². The maximum atomic E-state index is 9.73. The number of aliphatic hydroxyl groups excluding tert-OH is 1. The fourth-order valence-corrected chi connectivity index (χ4v) is 5.22. The molecule has 1 aromatic heterocycles. The van der Waals surface area contributed by atoms with E-state index in [9.17, 15) is 5.11 Å². The van der Waals surface area contributed by atoms with Crippen molar-refractivity contribution in [1.29, 1.82) is 0 Å². The molecule has 0 amide bonds. The molecule has 8 heteroatoms. The molecule has 3 N–H and O–H groups in total. The quantitative estimate of drug-likeness (QED) is 0.167. The van der Waals surface area contributed by atoms with Gasteiger partial charge in [-0.25, -0.2) is 4.98 Å². The number of benzene rings is 3. The summed E-state index contributed by atoms with van der Waals surface area (Å²) in [6.07, 6.45) is 2.11. The topological polar surface area (TPSA) is 88.5 Å². The lowest BCUT2D eigenvalue weighted by Gasteiger charge is -2.18. The Morgan fingerprint density at radius 2 is 1.51 bits per heavy atom. The standard InChI is InChI=1S/C29H34N4O3S.C2H6/c1-5-10-19(2)31-28-22-15-24(35-3)25(36-4)16-23(22)32-29(33-28)30-17-20-11-6-8-13-26(20)37-27-14-9-7-12-21(27)18-34;1-2/h6-9,11-16,19,34H,5,10,17-18H2,1-4H3,(H2,30,31,32,33);1-2H3. The molecule has 0 radical (unpaired) electrons. The summed E-state index contributed by atoms with van der Waals surface area (Å²) >= 11 is 1.65. The van der Waals surface area contributed by atoms with Crippen molar-refractivity contribution >= 4 is 34.4 Å². The molecule has 0 saturated carbocycles. The van der Waals surface area contributed by atoms with Gasteiger partial charge in [-0.1, -0.05) is 75.4 Å². The van der Waals surface area contributed by atoms with Crippen molar-refractivity contribution in [3.05, 3.63) is 71.8 Å². The molecule has 0 aliphatic carbocycles. The minimum Gasteiger partial charge on any atom is -0.493 e. The molecule has 0 aliphatic heterocycles. The Balaban J connectivity index is 0.00000205. The van der Waals surface area contributed by atoms with E-state index in [-0.39, 0.29) is 12.6 Å². The summed E-state index contributed by atoms with van der Waals surface area (Å²) in [5.41, 5.74) is 2.79. The summed E-state index contributed by atoms with van der Waals surface area (Å²) in [6, 6.07) is 20.2. The molecule has 1 atom stereocenters. The summed E-state index contributed by atoms with van der Waals surface area (Å²) < 4.78 is 11.0. The van der Waals surface area contributed by atoms with Gasteiger partial charge < -0.3 is 25.2 Å². The molecule has 1 unspecified atom stereocenters. The van der Waals surface area contributed by atoms with Crippen molar-refractivity contribution in [2.24, 2.45) is 0 Å². The van der Waals surface area contributed by atoms with E-state index in [1.807, 2.05) is 62.4 Å². The lowest BCUT2D eigenvalue weighted by Crippen LogP contribution is -2.17. The van der Waals surface area contributed by atoms with Crippen LogP contribution >= 0.6 is 11.8 Å². The van der Waals surface area contributed by atoms with Crippen LogP contribution in [0.5, 0.6) is 11.5 Å². The molecule has 0 fully saturated rings. The third-order valence-electron chi connectivity index (χ3n) is 6.08. The first kappa shape index (κ1) is 30.1. The van der Waals surface area contributed by atoms with Crippen LogP contribution in [0, 0.1) is 0 Å². The highest BCUT2D eigenvalue weighted by atomic mass is 32.2. The Labute approximate surface area is 236 Å². The van der Waals surface area contributed by atoms with Crippen LogP contribution < -0.4 is 20.1 Å². The number of nitrogens with one attached hydrogen (secondary N) is 2. The molecule has 0 bridgehead atoms. The van der Waals surface area contributed by atoms with Gasteiger partial charge in [-0.2, -0.15) is 4.98 Å². The van der Waals surface area contributed by atoms with Crippen molar-refractivity contribution in [2.45, 2.75) is 69.5 Å². The first-order valence-corrected chi connectivity index (χ1v) is 14.3. The number of aromatic nitrogens is 2. The number of fused-ring (bicyclic) bond motifs is 1. The highest BCUT2D eigenvalue weighted by Gasteiger charge is 2.15. The number of hydrogen-bond donors (Lipinski definition) is 3. The van der Waals surface area contributed by atoms with E-state index in [0.717, 1.165) is 50.5 Å². The maximum absolute atomic E-state index is 9.73. The second kappa shape index (κ2) is 15.2. The Bertz CT molecular complexity index is 1350. The zero-order valence-electron chi connectivity index (χ0n) is 23.7. The van der Waals surface area contributed by atoms with Crippen molar-refractivity contribution in [2.75, 3.05) is 24.9 Å². The second-order valence-electron chi connectivity index (χ2n) is 8.78. The lowest BCUT2D eigenvalue weighted by molar-refractivity contribution is 0.279. The normalized spacial score (nSPS) is 11.4. The number of methoxy groups -OCH3 is 2. The summed E-state index contributed by atoms with van der Waals surface area (Å²) in [6.45, 7) is 8.89. The molecule has 3 aromatic carbocycles. The van der Waals surface area contributed by atoms with Gasteiger partial charge in [0.15, 0.2) is 11.5 Å². The molecule has 1 heterocycles. The molecule has 0 aliphatic rings. The number of ether oxygens (including phenoxy) is 2. The van der Waals surface area contributed by atoms with Gasteiger partial charge in [-0.15, -0.1) is 0 Å². The average Bonchev–Trinajstić information content (AvgIpc) is 2.97. The van der Waals surface area contributed by atoms with E-state index in [2.05, 4.69) is 36.6 Å². The van der Waals surface area contributed by atoms with E-state index in [0.29, 0.717) is 24.0 Å². The van der Waals surface area contributed by atoms with E-state index < -0.39 is 0 Å². The van der Waals surface area contributed by atoms with Crippen molar-refractivity contribution in [1.82, 2.24) is 9.97 Å². The lowest BCUT2D eigenvalue weighted by atomic mass is 10.1. The van der Waals surface area contributed by atoms with Gasteiger partial charge in [0.05, 0.1) is 26.3 Å². The van der Waals surface area contributed by atoms with Gasteiger partial charge in [0, 0.05) is 33.8 Å². The largest absolute Gasteiger partial charge is 0.493 e. The van der Waals surface area contributed by atoms with Crippen LogP contribution in [0.4, 0.5) is 11.8 Å². The molecule has 208 valence electrons. The maximum Gasteiger partial charge on any atom is 0.225 e. The number of aliphatic hydroxyl groups is 1. The fraction of sp³-hybridized carbons (Fsp3) is 0.355. The first-order valence-electron chi connectivity index (χ1n) is 13.4. The molecule has 4 rings (SSSR count). The van der Waals surface area contributed by atoms with Gasteiger partial charge in [-0.05, 0) is 42.7 Å². The highest BCUT2D eigenvalue weighted by Crippen LogP contribution is 2.36. The molecule has 0 saturated heterocycles. The Kier molecular flexibility index (Phi) is 11.7. The summed E-state index contributed by atoms with van der Waals surface area (Å²) in [4.78, 5) is 11.8. The molecule has 39 heavy (non-hydrogen) atoms. The van der Waals surface area contributed by atoms with Gasteiger partial charge in [0.1, 0.15) is 5.82 Å². The molecular weight excluding hydrogens is 508 g/mol. The molecule has 4 aromatic rings. The first-order chi connectivity index (χ1) is 19.1. The van der Waals surface area contributed by atoms with Crippen LogP contribution in [0.15, 0.2) is 70.5 Å². The fourth-order valence-electron chi connectivity index (χ4n) is 4.16. The molecular formula is C31H40N4O3S. The summed E-state index contributed by atoms with van der Waals surface area (Å²) in [5, 5.41) is 17.6. The number of anilines is 2. The Morgan fingerprint density at radius 1 is 0.897 bits per heavy atom. The van der Waals surface area contributed by atoms with E-state index in [1.165, 1.54) is 0 Å². The summed E-state index contributed by atoms with van der Waals surface area (Å²) in [5.74, 6) is 2.55. The van der Waals surface area contributed by atoms with Crippen molar-refractivity contribution in [3.63, 3.8) is 0 Å². The number of nitrogens with zero attached hydrogens (tertiary/aromatic N) is 2. The number of rotatable bonds is 12. The summed E-state index contributed by atoms with van der Waals surface area (Å²) in [7, 11) is 3.25. The smallest absolute Gasteiger partial charge is 0.225 e. The van der Waals surface area contributed by atoms with Crippen molar-refractivity contribution in [3.8, 4) is 11.5 Å². The van der Waals surface area contributed by atoms with Crippen LogP contribution in [0.1, 0.15) is 51.7 Å². The molecule has 0 spiro atoms. The van der Waals surface area contributed by atoms with Crippen LogP contribution in [-0.2, 0) is 13.2 Å². The zero-order chi connectivity index (χ0) is 28.2. The van der Waals surface area contributed by atoms with Crippen LogP contribution in [-0.4, -0.2) is 35.3 Å². The second-order valence-corrected chi connectivity index (χ2v) is 9.87. The number of hydrogen-bond acceptors (Lipinski definition) is 8. The Morgan fingerprint density at radius 3 is 2.15 bits per heavy atom. The minimum atomic E-state index is 0.00893. The van der Waals surface area contributed by atoms with E-state index in [1.54, 1.807) is 26.0 Å². The molecule has 7 nitrogen and oxygen atoms in total. The predicted octanol–water partition coefficient (Wildman–Crippen LogP) is 7.53. The monoisotopic (exact) mass is 548 g/mol. The Hall–Kier alpha value is -3.49. The SMILES string of the molecule is CC.CCCC(C)Nc1nc(NCc2ccccc2Sc2ccccc2CO)nc2cc(OC)c(OC)cc12. The highest BCUT2D eigenvalue weighted by molar-refractivity contribution is 7.99. The predicted molar refractivity (Wildman–Crippen MR) is 162 cm³/mol. The third kappa shape index (κ3) is 7.77. The third-order valence-corrected chi connectivity index (χ3v) is 7.31. The van der Waals surface area contributed by atoms with Gasteiger partial charge in [-0.3, -0.25) is 0 Å². The van der Waals surface area contributed by atoms with Crippen LogP contribution in [0.2, 0.25) is 0 Å². The van der Waals surface area contributed by atoms with Gasteiger partial charge in [0.2, 0.25) is 5.95 Å². The zero-order valence-corrected chi connectivity index (χ0v) is 24.6. The van der Waals surface area contributed by atoms with E-state index >= 15 is 0 Å². The minimum absolute atomic E-state index is 0.00893. The van der Waals surface area contributed by atoms with Gasteiger partial charge >= 0.3 is 0 Å². The van der Waals surface area contributed by atoms with Gasteiger partial charge in [0.25, 0.3) is 0 Å². The van der Waals surface area contributed by atoms with Crippen molar-refractivity contribution < 1.29 is 14.6 Å². The van der Waals surface area contributed by atoms with E-state index in [4.69, 9.17) is 19.4 Å². The van der Waals surface area contributed by atoms with Crippen LogP contribution in [0.25, 0.3) is 10.9 Å².